The van der Waals surface area contributed by atoms with Gasteiger partial charge in [-0.2, -0.15) is 0 Å². The Hall–Kier alpha value is -0.640. The van der Waals surface area contributed by atoms with Gasteiger partial charge in [0, 0.05) is 15.0 Å². The lowest BCUT2D eigenvalue weighted by Gasteiger charge is -2.17. The predicted octanol–water partition coefficient (Wildman–Crippen LogP) is 5.07. The van der Waals surface area contributed by atoms with Crippen LogP contribution < -0.4 is 5.73 Å². The van der Waals surface area contributed by atoms with Crippen molar-refractivity contribution in [1.29, 1.82) is 0 Å². The first kappa shape index (κ1) is 14.8. The van der Waals surface area contributed by atoms with Crippen LogP contribution in [0, 0.1) is 13.8 Å². The van der Waals surface area contributed by atoms with Crippen molar-refractivity contribution >= 4 is 31.9 Å². The lowest BCUT2D eigenvalue weighted by atomic mass is 9.93. The Kier molecular flexibility index (Phi) is 4.82. The number of halogens is 2. The molecular weight excluding hydrogens is 366 g/mol. The second kappa shape index (κ2) is 6.21. The van der Waals surface area contributed by atoms with Crippen LogP contribution in [0.3, 0.4) is 0 Å². The summed E-state index contributed by atoms with van der Waals surface area (Å²) in [4.78, 5) is 0. The summed E-state index contributed by atoms with van der Waals surface area (Å²) in [7, 11) is 0. The minimum atomic E-state index is 0.00211. The van der Waals surface area contributed by atoms with Gasteiger partial charge in [0.25, 0.3) is 0 Å². The van der Waals surface area contributed by atoms with E-state index in [1.54, 1.807) is 0 Å². The van der Waals surface area contributed by atoms with Crippen LogP contribution in [0.4, 0.5) is 0 Å². The van der Waals surface area contributed by atoms with E-state index in [1.165, 1.54) is 16.7 Å². The van der Waals surface area contributed by atoms with Crippen molar-refractivity contribution < 1.29 is 0 Å². The first-order chi connectivity index (χ1) is 8.99. The summed E-state index contributed by atoms with van der Waals surface area (Å²) in [6.45, 7) is 4.29. The molecule has 1 nitrogen and oxygen atoms in total. The van der Waals surface area contributed by atoms with Crippen molar-refractivity contribution in [2.45, 2.75) is 26.3 Å². The molecule has 19 heavy (non-hydrogen) atoms. The molecule has 0 amide bonds. The molecule has 0 aromatic heterocycles. The number of hydrogen-bond acceptors (Lipinski definition) is 1. The Morgan fingerprint density at radius 2 is 1.68 bits per heavy atom. The van der Waals surface area contributed by atoms with E-state index in [0.717, 1.165) is 20.9 Å². The fourth-order valence-electron chi connectivity index (χ4n) is 2.30. The standard InChI is InChI=1S/C16H17Br2N/c1-10-4-3-5-11(2)14(10)9-16(19)13-7-6-12(17)8-15(13)18/h3-8,16H,9,19H2,1-2H3. The number of benzene rings is 2. The zero-order valence-corrected chi connectivity index (χ0v) is 14.3. The first-order valence-electron chi connectivity index (χ1n) is 6.24. The predicted molar refractivity (Wildman–Crippen MR) is 88.4 cm³/mol. The van der Waals surface area contributed by atoms with Gasteiger partial charge < -0.3 is 5.73 Å². The van der Waals surface area contributed by atoms with Gasteiger partial charge >= 0.3 is 0 Å². The van der Waals surface area contributed by atoms with Crippen LogP contribution in [-0.4, -0.2) is 0 Å². The van der Waals surface area contributed by atoms with Crippen LogP contribution >= 0.6 is 31.9 Å². The molecule has 2 rings (SSSR count). The molecular formula is C16H17Br2N. The van der Waals surface area contributed by atoms with E-state index in [1.807, 2.05) is 12.1 Å². The third-order valence-electron chi connectivity index (χ3n) is 3.43. The molecule has 0 aliphatic carbocycles. The Bertz CT molecular complexity index is 573. The molecule has 0 aliphatic heterocycles. The number of aryl methyl sites for hydroxylation is 2. The van der Waals surface area contributed by atoms with Crippen molar-refractivity contribution in [2.24, 2.45) is 5.73 Å². The van der Waals surface area contributed by atoms with Crippen LogP contribution in [0.1, 0.15) is 28.3 Å². The maximum atomic E-state index is 6.37. The summed E-state index contributed by atoms with van der Waals surface area (Å²) in [6, 6.07) is 12.5. The quantitative estimate of drug-likeness (QED) is 0.787. The maximum Gasteiger partial charge on any atom is 0.0347 e. The molecule has 0 saturated carbocycles. The molecule has 2 aromatic rings. The Labute approximate surface area is 131 Å². The molecule has 100 valence electrons. The molecule has 0 radical (unpaired) electrons. The van der Waals surface area contributed by atoms with Crippen molar-refractivity contribution in [2.75, 3.05) is 0 Å². The molecule has 0 bridgehead atoms. The summed E-state index contributed by atoms with van der Waals surface area (Å²) in [6.07, 6.45) is 0.860. The average Bonchev–Trinajstić information content (AvgIpc) is 2.33. The van der Waals surface area contributed by atoms with Crippen LogP contribution in [0.2, 0.25) is 0 Å². The summed E-state index contributed by atoms with van der Waals surface area (Å²) in [5, 5.41) is 0. The smallest absolute Gasteiger partial charge is 0.0347 e. The Balaban J connectivity index is 2.28. The third-order valence-corrected chi connectivity index (χ3v) is 4.61. The van der Waals surface area contributed by atoms with Crippen LogP contribution in [0.15, 0.2) is 45.3 Å². The van der Waals surface area contributed by atoms with Gasteiger partial charge in [-0.25, -0.2) is 0 Å². The first-order valence-corrected chi connectivity index (χ1v) is 7.83. The van der Waals surface area contributed by atoms with Gasteiger partial charge in [0.2, 0.25) is 0 Å². The van der Waals surface area contributed by atoms with Crippen LogP contribution in [0.25, 0.3) is 0 Å². The monoisotopic (exact) mass is 381 g/mol. The van der Waals surface area contributed by atoms with Gasteiger partial charge in [0.15, 0.2) is 0 Å². The van der Waals surface area contributed by atoms with E-state index in [9.17, 15) is 0 Å². The zero-order chi connectivity index (χ0) is 14.0. The molecule has 1 atom stereocenters. The average molecular weight is 383 g/mol. The van der Waals surface area contributed by atoms with Crippen molar-refractivity contribution in [3.63, 3.8) is 0 Å². The lowest BCUT2D eigenvalue weighted by molar-refractivity contribution is 0.712. The summed E-state index contributed by atoms with van der Waals surface area (Å²) in [5.41, 5.74) is 11.5. The van der Waals surface area contributed by atoms with E-state index in [4.69, 9.17) is 5.73 Å². The zero-order valence-electron chi connectivity index (χ0n) is 11.1. The van der Waals surface area contributed by atoms with Crippen molar-refractivity contribution in [3.05, 3.63) is 67.6 Å². The molecule has 0 heterocycles. The van der Waals surface area contributed by atoms with Gasteiger partial charge in [-0.1, -0.05) is 56.1 Å². The van der Waals surface area contributed by atoms with Crippen LogP contribution in [-0.2, 0) is 6.42 Å². The molecule has 3 heteroatoms. The summed E-state index contributed by atoms with van der Waals surface area (Å²) < 4.78 is 2.11. The van der Waals surface area contributed by atoms with Gasteiger partial charge in [-0.05, 0) is 54.7 Å². The fraction of sp³-hybridized carbons (Fsp3) is 0.250. The van der Waals surface area contributed by atoms with E-state index in [-0.39, 0.29) is 6.04 Å². The van der Waals surface area contributed by atoms with E-state index >= 15 is 0 Å². The molecule has 0 aliphatic rings. The topological polar surface area (TPSA) is 26.0 Å². The Morgan fingerprint density at radius 3 is 2.26 bits per heavy atom. The lowest BCUT2D eigenvalue weighted by Crippen LogP contribution is -2.15. The van der Waals surface area contributed by atoms with Crippen LogP contribution in [0.5, 0.6) is 0 Å². The highest BCUT2D eigenvalue weighted by atomic mass is 79.9. The minimum absolute atomic E-state index is 0.00211. The third kappa shape index (κ3) is 3.47. The minimum Gasteiger partial charge on any atom is -0.324 e. The summed E-state index contributed by atoms with van der Waals surface area (Å²) >= 11 is 7.05. The van der Waals surface area contributed by atoms with Gasteiger partial charge in [-0.15, -0.1) is 0 Å². The maximum absolute atomic E-state index is 6.37. The Morgan fingerprint density at radius 1 is 1.05 bits per heavy atom. The molecule has 1 unspecified atom stereocenters. The number of hydrogen-bond donors (Lipinski definition) is 1. The summed E-state index contributed by atoms with van der Waals surface area (Å²) in [5.74, 6) is 0. The van der Waals surface area contributed by atoms with E-state index < -0.39 is 0 Å². The van der Waals surface area contributed by atoms with Gasteiger partial charge in [0.05, 0.1) is 0 Å². The molecule has 0 spiro atoms. The number of nitrogens with two attached hydrogens (primary N) is 1. The fourth-order valence-corrected chi connectivity index (χ4v) is 3.64. The molecule has 0 saturated heterocycles. The molecule has 2 N–H and O–H groups in total. The SMILES string of the molecule is Cc1cccc(C)c1CC(N)c1ccc(Br)cc1Br. The van der Waals surface area contributed by atoms with Crippen molar-refractivity contribution in [1.82, 2.24) is 0 Å². The number of rotatable bonds is 3. The van der Waals surface area contributed by atoms with Gasteiger partial charge in [-0.3, -0.25) is 0 Å². The second-order valence-electron chi connectivity index (χ2n) is 4.85. The molecule has 0 fully saturated rings. The highest BCUT2D eigenvalue weighted by Crippen LogP contribution is 2.29. The normalized spacial score (nSPS) is 12.5. The van der Waals surface area contributed by atoms with Gasteiger partial charge in [0.1, 0.15) is 0 Å². The van der Waals surface area contributed by atoms with E-state index in [0.29, 0.717) is 0 Å². The van der Waals surface area contributed by atoms with E-state index in [2.05, 4.69) is 70.0 Å². The highest BCUT2D eigenvalue weighted by Gasteiger charge is 2.13. The van der Waals surface area contributed by atoms with Crippen molar-refractivity contribution in [3.8, 4) is 0 Å². The molecule has 2 aromatic carbocycles. The largest absolute Gasteiger partial charge is 0.324 e. The highest BCUT2D eigenvalue weighted by molar-refractivity contribution is 9.11. The second-order valence-corrected chi connectivity index (χ2v) is 6.62.